The molecule has 3 aromatic rings. The third kappa shape index (κ3) is 4.74. The second-order valence-electron chi connectivity index (χ2n) is 7.99. The number of fused-ring (bicyclic) bond motifs is 1. The normalized spacial score (nSPS) is 13.8. The van der Waals surface area contributed by atoms with Crippen molar-refractivity contribution in [2.75, 3.05) is 25.6 Å². The lowest BCUT2D eigenvalue weighted by Crippen LogP contribution is -2.10. The van der Waals surface area contributed by atoms with Gasteiger partial charge in [-0.2, -0.15) is 0 Å². The summed E-state index contributed by atoms with van der Waals surface area (Å²) in [6, 6.07) is 12.5. The van der Waals surface area contributed by atoms with Gasteiger partial charge in [-0.15, -0.1) is 0 Å². The predicted molar refractivity (Wildman–Crippen MR) is 131 cm³/mol. The molecule has 1 N–H and O–H groups in total. The monoisotopic (exact) mass is 430 g/mol. The van der Waals surface area contributed by atoms with Crippen molar-refractivity contribution in [3.8, 4) is 11.5 Å². The van der Waals surface area contributed by atoms with Crippen LogP contribution in [0, 0.1) is 6.92 Å². The number of hydrogen-bond donors (Lipinski definition) is 1. The fourth-order valence-electron chi connectivity index (χ4n) is 3.78. The van der Waals surface area contributed by atoms with Gasteiger partial charge in [0.05, 0.1) is 25.8 Å². The Kier molecular flexibility index (Phi) is 6.69. The van der Waals surface area contributed by atoms with Crippen molar-refractivity contribution in [1.82, 2.24) is 9.97 Å². The van der Waals surface area contributed by atoms with Crippen molar-refractivity contribution in [2.45, 2.75) is 39.7 Å². The fraction of sp³-hybridized carbons (Fsp3) is 0.346. The Labute approximate surface area is 189 Å². The molecule has 1 aromatic heterocycles. The molecule has 1 aliphatic rings. The molecule has 0 saturated heterocycles. The van der Waals surface area contributed by atoms with E-state index in [2.05, 4.69) is 59.5 Å². The summed E-state index contributed by atoms with van der Waals surface area (Å²) in [6.45, 7) is 7.59. The molecule has 0 unspecified atom stereocenters. The van der Waals surface area contributed by atoms with Crippen LogP contribution < -0.4 is 14.8 Å². The van der Waals surface area contributed by atoms with E-state index in [-0.39, 0.29) is 6.04 Å². The van der Waals surface area contributed by atoms with Gasteiger partial charge in [0.15, 0.2) is 11.5 Å². The van der Waals surface area contributed by atoms with Gasteiger partial charge in [0.2, 0.25) is 0 Å². The Hall–Kier alpha value is -3.41. The van der Waals surface area contributed by atoms with Crippen LogP contribution in [0.2, 0.25) is 0 Å². The van der Waals surface area contributed by atoms with Crippen LogP contribution in [0.5, 0.6) is 11.5 Å². The number of aryl methyl sites for hydroxylation is 1. The number of hydrogen-bond acceptors (Lipinski definition) is 6. The number of nitrogens with zero attached hydrogens (tertiary/aromatic N) is 3. The molecule has 2 heterocycles. The van der Waals surface area contributed by atoms with E-state index in [0.717, 1.165) is 36.1 Å². The molecule has 1 aliphatic heterocycles. The molecule has 0 spiro atoms. The number of methoxy groups -OCH3 is 1. The minimum Gasteiger partial charge on any atom is -0.493 e. The zero-order valence-electron chi connectivity index (χ0n) is 19.2. The van der Waals surface area contributed by atoms with E-state index in [1.807, 2.05) is 25.3 Å². The molecule has 0 fully saturated rings. The Balaban J connectivity index is 1.66. The summed E-state index contributed by atoms with van der Waals surface area (Å²) in [7, 11) is 1.65. The highest BCUT2D eigenvalue weighted by molar-refractivity contribution is 6.11. The number of anilines is 1. The number of benzene rings is 2. The Morgan fingerprint density at radius 1 is 1.12 bits per heavy atom. The summed E-state index contributed by atoms with van der Waals surface area (Å²) in [4.78, 5) is 13.6. The summed E-state index contributed by atoms with van der Waals surface area (Å²) < 4.78 is 11.6. The maximum Gasteiger partial charge on any atom is 0.162 e. The molecule has 6 heteroatoms. The van der Waals surface area contributed by atoms with Gasteiger partial charge in [0, 0.05) is 23.7 Å². The SMILES string of the molecule is CCCCOc1cc2c(N[C@H](C)c3cccc(C4=CCN=C4)c3)nc(C)nc2cc1OC. The zero-order chi connectivity index (χ0) is 22.5. The lowest BCUT2D eigenvalue weighted by molar-refractivity contribution is 0.289. The highest BCUT2D eigenvalue weighted by atomic mass is 16.5. The van der Waals surface area contributed by atoms with E-state index < -0.39 is 0 Å². The van der Waals surface area contributed by atoms with Gasteiger partial charge in [-0.05, 0) is 49.1 Å². The Morgan fingerprint density at radius 2 is 2.00 bits per heavy atom. The summed E-state index contributed by atoms with van der Waals surface area (Å²) in [6.07, 6.45) is 6.15. The molecule has 0 radical (unpaired) electrons. The van der Waals surface area contributed by atoms with E-state index >= 15 is 0 Å². The molecule has 0 saturated carbocycles. The van der Waals surface area contributed by atoms with Crippen LogP contribution in [0.15, 0.2) is 47.5 Å². The number of rotatable bonds is 9. The molecular formula is C26H30N4O2. The van der Waals surface area contributed by atoms with Crippen molar-refractivity contribution in [3.63, 3.8) is 0 Å². The maximum absolute atomic E-state index is 6.00. The van der Waals surface area contributed by atoms with Crippen molar-refractivity contribution < 1.29 is 9.47 Å². The van der Waals surface area contributed by atoms with Crippen molar-refractivity contribution in [2.24, 2.45) is 4.99 Å². The van der Waals surface area contributed by atoms with Crippen LogP contribution in [0.3, 0.4) is 0 Å². The fourth-order valence-corrected chi connectivity index (χ4v) is 3.78. The van der Waals surface area contributed by atoms with Gasteiger partial charge in [0.25, 0.3) is 0 Å². The molecule has 0 bridgehead atoms. The van der Waals surface area contributed by atoms with Gasteiger partial charge in [-0.1, -0.05) is 37.6 Å². The molecule has 6 nitrogen and oxygen atoms in total. The van der Waals surface area contributed by atoms with Gasteiger partial charge in [-0.3, -0.25) is 4.99 Å². The van der Waals surface area contributed by atoms with Gasteiger partial charge >= 0.3 is 0 Å². The van der Waals surface area contributed by atoms with E-state index in [1.54, 1.807) is 7.11 Å². The first-order valence-corrected chi connectivity index (χ1v) is 11.1. The quantitative estimate of drug-likeness (QED) is 0.437. The van der Waals surface area contributed by atoms with Crippen LogP contribution in [0.4, 0.5) is 5.82 Å². The summed E-state index contributed by atoms with van der Waals surface area (Å²) in [5.74, 6) is 2.89. The smallest absolute Gasteiger partial charge is 0.162 e. The highest BCUT2D eigenvalue weighted by Gasteiger charge is 2.16. The van der Waals surface area contributed by atoms with Crippen molar-refractivity contribution in [1.29, 1.82) is 0 Å². The van der Waals surface area contributed by atoms with Crippen LogP contribution in [-0.4, -0.2) is 36.4 Å². The number of allylic oxidation sites excluding steroid dienone is 1. The van der Waals surface area contributed by atoms with Crippen molar-refractivity contribution >= 4 is 28.5 Å². The first-order valence-electron chi connectivity index (χ1n) is 11.1. The first kappa shape index (κ1) is 21.8. The minimum absolute atomic E-state index is 0.0537. The van der Waals surface area contributed by atoms with Crippen LogP contribution in [0.25, 0.3) is 16.5 Å². The zero-order valence-corrected chi connectivity index (χ0v) is 19.2. The van der Waals surface area contributed by atoms with E-state index in [4.69, 9.17) is 14.5 Å². The first-order chi connectivity index (χ1) is 15.6. The lowest BCUT2D eigenvalue weighted by atomic mass is 10.0. The molecule has 0 aliphatic carbocycles. The predicted octanol–water partition coefficient (Wildman–Crippen LogP) is 5.77. The molecule has 0 amide bonds. The second-order valence-corrected chi connectivity index (χ2v) is 7.99. The van der Waals surface area contributed by atoms with Crippen molar-refractivity contribution in [3.05, 3.63) is 59.4 Å². The molecular weight excluding hydrogens is 400 g/mol. The summed E-state index contributed by atoms with van der Waals surface area (Å²) in [5.41, 5.74) is 4.36. The van der Waals surface area contributed by atoms with Crippen LogP contribution in [0.1, 0.15) is 49.7 Å². The molecule has 4 rings (SSSR count). The standard InChI is InChI=1S/C26H30N4O2/c1-5-6-12-32-25-14-22-23(15-24(25)31-4)29-18(3)30-26(22)28-17(2)19-8-7-9-20(13-19)21-10-11-27-16-21/h7-10,13-17H,5-6,11-12H2,1-4H3,(H,28,29,30)/t17-/m1/s1. The van der Waals surface area contributed by atoms with Crippen LogP contribution >= 0.6 is 0 Å². The third-order valence-electron chi connectivity index (χ3n) is 5.57. The molecule has 2 aromatic carbocycles. The molecule has 32 heavy (non-hydrogen) atoms. The maximum atomic E-state index is 6.00. The van der Waals surface area contributed by atoms with E-state index in [9.17, 15) is 0 Å². The van der Waals surface area contributed by atoms with Gasteiger partial charge in [0.1, 0.15) is 11.6 Å². The number of aromatic nitrogens is 2. The number of nitrogens with one attached hydrogen (secondary N) is 1. The van der Waals surface area contributed by atoms with Gasteiger partial charge in [-0.25, -0.2) is 9.97 Å². The Bertz CT molecular complexity index is 1170. The Morgan fingerprint density at radius 3 is 2.75 bits per heavy atom. The topological polar surface area (TPSA) is 68.6 Å². The molecule has 1 atom stereocenters. The molecule has 166 valence electrons. The van der Waals surface area contributed by atoms with E-state index in [1.165, 1.54) is 16.7 Å². The average Bonchev–Trinajstić information content (AvgIpc) is 3.34. The minimum atomic E-state index is 0.0537. The van der Waals surface area contributed by atoms with Crippen LogP contribution in [-0.2, 0) is 0 Å². The highest BCUT2D eigenvalue weighted by Crippen LogP contribution is 2.35. The second kappa shape index (κ2) is 9.81. The third-order valence-corrected chi connectivity index (χ3v) is 5.57. The summed E-state index contributed by atoms with van der Waals surface area (Å²) in [5, 5.41) is 4.50. The number of aliphatic imine (C=N–C) groups is 1. The summed E-state index contributed by atoms with van der Waals surface area (Å²) >= 11 is 0. The van der Waals surface area contributed by atoms with Gasteiger partial charge < -0.3 is 14.8 Å². The number of unbranched alkanes of at least 4 members (excludes halogenated alkanes) is 1. The number of ether oxygens (including phenoxy) is 2. The average molecular weight is 431 g/mol. The lowest BCUT2D eigenvalue weighted by Gasteiger charge is -2.19. The largest absolute Gasteiger partial charge is 0.493 e. The van der Waals surface area contributed by atoms with E-state index in [0.29, 0.717) is 23.9 Å².